The zero-order valence-corrected chi connectivity index (χ0v) is 2.68. The minimum Gasteiger partial charge on any atom is 0 e. The van der Waals surface area contributed by atoms with Crippen LogP contribution in [-0.4, -0.2) is 48.7 Å². The van der Waals surface area contributed by atoms with Crippen molar-refractivity contribution >= 4 is 37.7 Å². The third-order valence-electron chi connectivity index (χ3n) is 0. The molecule has 0 bridgehead atoms. The fourth-order valence-electron chi connectivity index (χ4n) is 0. The Morgan fingerprint density at radius 2 is 0.750 bits per heavy atom. The van der Waals surface area contributed by atoms with Gasteiger partial charge in [0.15, 0.2) is 0 Å². The summed E-state index contributed by atoms with van der Waals surface area (Å²) in [5.74, 6) is 0. The molecule has 0 saturated carbocycles. The van der Waals surface area contributed by atoms with E-state index in [0.717, 1.165) is 0 Å². The molecule has 2 nitrogen and oxygen atoms in total. The first-order valence-corrected chi connectivity index (χ1v) is 0. The maximum atomic E-state index is 0. The van der Waals surface area contributed by atoms with Crippen LogP contribution in [0.1, 0.15) is 0 Å². The SMILES string of the molecule is O.O.[CaH2].[Cr]. The normalized spacial score (nSPS) is 0. The van der Waals surface area contributed by atoms with E-state index in [2.05, 4.69) is 0 Å². The van der Waals surface area contributed by atoms with Gasteiger partial charge in [-0.3, -0.25) is 0 Å². The Bertz CT molecular complexity index is 6.00. The van der Waals surface area contributed by atoms with E-state index >= 15 is 0 Å². The Morgan fingerprint density at radius 3 is 0.750 bits per heavy atom. The van der Waals surface area contributed by atoms with Gasteiger partial charge in [0, 0.05) is 17.4 Å². The minimum absolute atomic E-state index is 0. The summed E-state index contributed by atoms with van der Waals surface area (Å²) in [5, 5.41) is 0. The molecular weight excluding hydrogens is 124 g/mol. The van der Waals surface area contributed by atoms with Crippen LogP contribution in [-0.2, 0) is 17.4 Å². The predicted molar refractivity (Wildman–Crippen MR) is 15.8 cm³/mol. The molecule has 0 aromatic carbocycles. The third kappa shape index (κ3) is 9.31. The first-order valence-electron chi connectivity index (χ1n) is 0. The number of hydrogen-bond donors (Lipinski definition) is 0. The summed E-state index contributed by atoms with van der Waals surface area (Å²) >= 11 is 0. The first-order chi connectivity index (χ1) is 0. The quantitative estimate of drug-likeness (QED) is 0.324. The second-order valence-corrected chi connectivity index (χ2v) is 0. The van der Waals surface area contributed by atoms with E-state index in [1.807, 2.05) is 0 Å². The van der Waals surface area contributed by atoms with Gasteiger partial charge in [0.05, 0.1) is 0 Å². The van der Waals surface area contributed by atoms with Gasteiger partial charge in [-0.05, 0) is 0 Å². The van der Waals surface area contributed by atoms with Gasteiger partial charge in [-0.2, -0.15) is 0 Å². The van der Waals surface area contributed by atoms with Crippen molar-refractivity contribution in [2.75, 3.05) is 0 Å². The summed E-state index contributed by atoms with van der Waals surface area (Å²) in [6.45, 7) is 0. The molecule has 4 heteroatoms. The second kappa shape index (κ2) is 22.2. The standard InChI is InChI=1S/Ca.Cr.2H2O.2H/h;;2*1H2;;. The largest absolute Gasteiger partial charge is 0 e. The third-order valence-corrected chi connectivity index (χ3v) is 0. The molecule has 0 aliphatic carbocycles. The number of hydrogen-bond acceptors (Lipinski definition) is 0. The van der Waals surface area contributed by atoms with Crippen molar-refractivity contribution in [2.24, 2.45) is 0 Å². The Balaban J connectivity index is 0. The monoisotopic (exact) mass is 130 g/mol. The van der Waals surface area contributed by atoms with Crippen LogP contribution in [0.4, 0.5) is 0 Å². The molecule has 0 heterocycles. The van der Waals surface area contributed by atoms with Gasteiger partial charge in [0.1, 0.15) is 0 Å². The summed E-state index contributed by atoms with van der Waals surface area (Å²) in [6.07, 6.45) is 0. The van der Waals surface area contributed by atoms with Crippen molar-refractivity contribution in [1.29, 1.82) is 0 Å². The average molecular weight is 130 g/mol. The Hall–Kier alpha value is 1.71. The van der Waals surface area contributed by atoms with E-state index in [1.54, 1.807) is 0 Å². The molecule has 0 aliphatic rings. The molecule has 0 radical (unpaired) electrons. The van der Waals surface area contributed by atoms with Crippen LogP contribution < -0.4 is 0 Å². The molecule has 0 amide bonds. The first kappa shape index (κ1) is 43.3. The Kier molecular flexibility index (Phi) is 240. The van der Waals surface area contributed by atoms with Crippen molar-refractivity contribution in [1.82, 2.24) is 0 Å². The van der Waals surface area contributed by atoms with Gasteiger partial charge in [0.2, 0.25) is 0 Å². The maximum Gasteiger partial charge on any atom is 0 e. The van der Waals surface area contributed by atoms with E-state index in [9.17, 15) is 0 Å². The van der Waals surface area contributed by atoms with E-state index < -0.39 is 0 Å². The van der Waals surface area contributed by atoms with E-state index in [-0.39, 0.29) is 66.1 Å². The van der Waals surface area contributed by atoms with Gasteiger partial charge in [0.25, 0.3) is 0 Å². The molecule has 0 spiro atoms. The molecule has 0 unspecified atom stereocenters. The molecule has 0 aliphatic heterocycles. The summed E-state index contributed by atoms with van der Waals surface area (Å²) in [7, 11) is 0. The van der Waals surface area contributed by atoms with Crippen molar-refractivity contribution in [3.63, 3.8) is 0 Å². The molecule has 0 aromatic rings. The average Bonchev–Trinajstić information content (AvgIpc) is 0. The number of rotatable bonds is 0. The maximum absolute atomic E-state index is 0. The van der Waals surface area contributed by atoms with Gasteiger partial charge >= 0.3 is 37.7 Å². The Labute approximate surface area is 65.3 Å². The van der Waals surface area contributed by atoms with Crippen LogP contribution in [0.3, 0.4) is 0 Å². The Morgan fingerprint density at radius 1 is 0.750 bits per heavy atom. The molecule has 4 N–H and O–H groups in total. The zero-order valence-electron chi connectivity index (χ0n) is 1.41. The molecule has 0 aromatic heterocycles. The molecule has 0 saturated heterocycles. The topological polar surface area (TPSA) is 63.0 Å². The smallest absolute Gasteiger partial charge is 0 e. The predicted octanol–water partition coefficient (Wildman–Crippen LogP) is -2.57. The second-order valence-electron chi connectivity index (χ2n) is 0. The summed E-state index contributed by atoms with van der Waals surface area (Å²) in [4.78, 5) is 0. The van der Waals surface area contributed by atoms with E-state index in [1.165, 1.54) is 0 Å². The van der Waals surface area contributed by atoms with Crippen molar-refractivity contribution in [3.05, 3.63) is 0 Å². The van der Waals surface area contributed by atoms with Crippen LogP contribution in [0.5, 0.6) is 0 Å². The van der Waals surface area contributed by atoms with E-state index in [4.69, 9.17) is 0 Å². The molecule has 26 valence electrons. The summed E-state index contributed by atoms with van der Waals surface area (Å²) in [6, 6.07) is 0. The van der Waals surface area contributed by atoms with Crippen LogP contribution >= 0.6 is 0 Å². The molecule has 0 fully saturated rings. The molecule has 0 atom stereocenters. The molecule has 4 heavy (non-hydrogen) atoms. The van der Waals surface area contributed by atoms with Crippen LogP contribution in [0, 0.1) is 0 Å². The van der Waals surface area contributed by atoms with Crippen LogP contribution in [0.25, 0.3) is 0 Å². The molecule has 0 rings (SSSR count). The van der Waals surface area contributed by atoms with Gasteiger partial charge in [-0.15, -0.1) is 0 Å². The van der Waals surface area contributed by atoms with Crippen molar-refractivity contribution in [3.8, 4) is 0 Å². The van der Waals surface area contributed by atoms with Crippen LogP contribution in [0.2, 0.25) is 0 Å². The van der Waals surface area contributed by atoms with Crippen molar-refractivity contribution in [2.45, 2.75) is 0 Å². The fourth-order valence-corrected chi connectivity index (χ4v) is 0. The minimum atomic E-state index is 0. The van der Waals surface area contributed by atoms with Gasteiger partial charge in [-0.1, -0.05) is 0 Å². The summed E-state index contributed by atoms with van der Waals surface area (Å²) in [5.41, 5.74) is 0. The summed E-state index contributed by atoms with van der Waals surface area (Å²) < 4.78 is 0. The van der Waals surface area contributed by atoms with Gasteiger partial charge < -0.3 is 11.0 Å². The zero-order chi connectivity index (χ0) is 0. The van der Waals surface area contributed by atoms with Crippen LogP contribution in [0.15, 0.2) is 0 Å². The van der Waals surface area contributed by atoms with E-state index in [0.29, 0.717) is 0 Å². The molecular formula is H6CaCrO2. The fraction of sp³-hybridized carbons (Fsp3) is 0. The van der Waals surface area contributed by atoms with Crippen molar-refractivity contribution < 1.29 is 28.3 Å². The van der Waals surface area contributed by atoms with Gasteiger partial charge in [-0.25, -0.2) is 0 Å².